The Balaban J connectivity index is 2.05. The molecule has 6 heteroatoms. The van der Waals surface area contributed by atoms with Crippen LogP contribution in [0.4, 0.5) is 0 Å². The van der Waals surface area contributed by atoms with Gasteiger partial charge in [0.1, 0.15) is 5.41 Å². The molecule has 0 aromatic heterocycles. The zero-order valence-electron chi connectivity index (χ0n) is 12.8. The van der Waals surface area contributed by atoms with Crippen LogP contribution in [0.1, 0.15) is 51.9 Å². The smallest absolute Gasteiger partial charge is 0.234 e. The second kappa shape index (κ2) is 7.11. The molecule has 1 amide bonds. The van der Waals surface area contributed by atoms with Gasteiger partial charge in [0.15, 0.2) is 5.84 Å². The minimum Gasteiger partial charge on any atom is -0.409 e. The van der Waals surface area contributed by atoms with Gasteiger partial charge in [0.2, 0.25) is 5.91 Å². The highest BCUT2D eigenvalue weighted by molar-refractivity contribution is 6.06. The third-order valence-corrected chi connectivity index (χ3v) is 5.07. The van der Waals surface area contributed by atoms with Gasteiger partial charge >= 0.3 is 0 Å². The van der Waals surface area contributed by atoms with E-state index in [1.54, 1.807) is 0 Å². The van der Waals surface area contributed by atoms with Crippen molar-refractivity contribution in [1.82, 2.24) is 5.32 Å². The van der Waals surface area contributed by atoms with Crippen LogP contribution < -0.4 is 11.1 Å². The average Bonchev–Trinajstić information content (AvgIpc) is 2.54. The van der Waals surface area contributed by atoms with Crippen LogP contribution in [-0.4, -0.2) is 36.2 Å². The second-order valence-corrected chi connectivity index (χ2v) is 6.29. The molecule has 1 aliphatic carbocycles. The van der Waals surface area contributed by atoms with Gasteiger partial charge in [-0.25, -0.2) is 0 Å². The molecule has 2 atom stereocenters. The van der Waals surface area contributed by atoms with Crippen molar-refractivity contribution in [3.8, 4) is 0 Å². The van der Waals surface area contributed by atoms with Gasteiger partial charge in [-0.2, -0.15) is 0 Å². The van der Waals surface area contributed by atoms with Gasteiger partial charge in [-0.1, -0.05) is 31.3 Å². The Hall–Kier alpha value is -1.30. The summed E-state index contributed by atoms with van der Waals surface area (Å²) in [5.41, 5.74) is 4.92. The number of nitrogens with zero attached hydrogens (tertiary/aromatic N) is 1. The van der Waals surface area contributed by atoms with Crippen LogP contribution in [0, 0.1) is 11.3 Å². The fourth-order valence-electron chi connectivity index (χ4n) is 3.53. The van der Waals surface area contributed by atoms with Crippen LogP contribution in [0.15, 0.2) is 5.16 Å². The average molecular weight is 297 g/mol. The zero-order valence-corrected chi connectivity index (χ0v) is 12.8. The Morgan fingerprint density at radius 3 is 2.76 bits per heavy atom. The molecule has 120 valence electrons. The van der Waals surface area contributed by atoms with Crippen LogP contribution in [-0.2, 0) is 9.53 Å². The molecule has 1 saturated carbocycles. The van der Waals surface area contributed by atoms with Crippen molar-refractivity contribution in [1.29, 1.82) is 0 Å². The Bertz CT molecular complexity index is 392. The molecule has 1 aliphatic heterocycles. The highest BCUT2D eigenvalue weighted by Gasteiger charge is 2.45. The maximum atomic E-state index is 12.7. The lowest BCUT2D eigenvalue weighted by molar-refractivity contribution is -0.132. The van der Waals surface area contributed by atoms with Gasteiger partial charge in [-0.3, -0.25) is 4.79 Å². The summed E-state index contributed by atoms with van der Waals surface area (Å²) in [6.45, 7) is 3.13. The van der Waals surface area contributed by atoms with E-state index in [1.165, 1.54) is 6.42 Å². The normalized spacial score (nSPS) is 29.9. The van der Waals surface area contributed by atoms with E-state index in [4.69, 9.17) is 15.7 Å². The molecule has 4 N–H and O–H groups in total. The van der Waals surface area contributed by atoms with Gasteiger partial charge < -0.3 is 21.0 Å². The fraction of sp³-hybridized carbons (Fsp3) is 0.867. The summed E-state index contributed by atoms with van der Waals surface area (Å²) in [6.07, 6.45) is 6.56. The molecule has 21 heavy (non-hydrogen) atoms. The summed E-state index contributed by atoms with van der Waals surface area (Å²) in [7, 11) is 0. The summed E-state index contributed by atoms with van der Waals surface area (Å²) >= 11 is 0. The van der Waals surface area contributed by atoms with Crippen molar-refractivity contribution in [2.24, 2.45) is 22.2 Å². The number of hydrogen-bond acceptors (Lipinski definition) is 4. The lowest BCUT2D eigenvalue weighted by atomic mass is 9.77. The van der Waals surface area contributed by atoms with Crippen molar-refractivity contribution in [2.75, 3.05) is 13.2 Å². The lowest BCUT2D eigenvalue weighted by Crippen LogP contribution is -2.55. The van der Waals surface area contributed by atoms with Crippen LogP contribution in [0.3, 0.4) is 0 Å². The monoisotopic (exact) mass is 297 g/mol. The molecule has 0 spiro atoms. The Morgan fingerprint density at radius 2 is 2.14 bits per heavy atom. The van der Waals surface area contributed by atoms with Gasteiger partial charge in [-0.05, 0) is 31.6 Å². The minimum absolute atomic E-state index is 0.00570. The van der Waals surface area contributed by atoms with E-state index in [0.717, 1.165) is 25.7 Å². The lowest BCUT2D eigenvalue weighted by Gasteiger charge is -2.37. The first-order chi connectivity index (χ1) is 10.1. The molecule has 0 bridgehead atoms. The topological polar surface area (TPSA) is 96.9 Å². The summed E-state index contributed by atoms with van der Waals surface area (Å²) < 4.78 is 5.32. The molecule has 0 aromatic carbocycles. The molecular weight excluding hydrogens is 270 g/mol. The highest BCUT2D eigenvalue weighted by atomic mass is 16.5. The van der Waals surface area contributed by atoms with E-state index >= 15 is 0 Å². The fourth-order valence-corrected chi connectivity index (χ4v) is 3.53. The highest BCUT2D eigenvalue weighted by Crippen LogP contribution is 2.33. The number of hydrogen-bond donors (Lipinski definition) is 3. The Kier molecular flexibility index (Phi) is 5.45. The number of nitrogens with one attached hydrogen (secondary N) is 1. The van der Waals surface area contributed by atoms with Crippen molar-refractivity contribution in [2.45, 2.75) is 57.9 Å². The van der Waals surface area contributed by atoms with Crippen LogP contribution >= 0.6 is 0 Å². The number of rotatable bonds is 4. The quantitative estimate of drug-likeness (QED) is 0.318. The van der Waals surface area contributed by atoms with Gasteiger partial charge in [0.25, 0.3) is 0 Å². The van der Waals surface area contributed by atoms with E-state index < -0.39 is 5.41 Å². The molecule has 2 unspecified atom stereocenters. The predicted octanol–water partition coefficient (Wildman–Crippen LogP) is 1.61. The zero-order chi connectivity index (χ0) is 15.3. The van der Waals surface area contributed by atoms with Gasteiger partial charge in [-0.15, -0.1) is 0 Å². The standard InChI is InChI=1S/C15H27N3O3/c1-2-11-4-3-5-12(10-11)17-14(19)15(13(16)18-20)6-8-21-9-7-15/h11-12,20H,2-10H2,1H3,(H2,16,18)(H,17,19). The van der Waals surface area contributed by atoms with E-state index in [1.807, 2.05) is 0 Å². The molecule has 0 aromatic rings. The molecule has 2 fully saturated rings. The number of ether oxygens (including phenoxy) is 1. The van der Waals surface area contributed by atoms with Crippen molar-refractivity contribution < 1.29 is 14.7 Å². The summed E-state index contributed by atoms with van der Waals surface area (Å²) in [4.78, 5) is 12.7. The summed E-state index contributed by atoms with van der Waals surface area (Å²) in [5, 5.41) is 15.3. The van der Waals surface area contributed by atoms with Crippen LogP contribution in [0.5, 0.6) is 0 Å². The minimum atomic E-state index is -0.911. The van der Waals surface area contributed by atoms with Gasteiger partial charge in [0.05, 0.1) is 0 Å². The number of carbonyl (C=O) groups excluding carboxylic acids is 1. The predicted molar refractivity (Wildman–Crippen MR) is 80.1 cm³/mol. The molecular formula is C15H27N3O3. The number of nitrogens with two attached hydrogens (primary N) is 1. The summed E-state index contributed by atoms with van der Waals surface area (Å²) in [5.74, 6) is 0.590. The number of amides is 1. The van der Waals surface area contributed by atoms with Gasteiger partial charge in [0, 0.05) is 19.3 Å². The molecule has 1 heterocycles. The SMILES string of the molecule is CCC1CCCC(NC(=O)C2(C(N)=NO)CCOCC2)C1. The maximum absolute atomic E-state index is 12.7. The summed E-state index contributed by atoms with van der Waals surface area (Å²) in [6, 6.07) is 0.211. The first-order valence-electron chi connectivity index (χ1n) is 7.99. The third-order valence-electron chi connectivity index (χ3n) is 5.07. The van der Waals surface area contributed by atoms with Crippen molar-refractivity contribution in [3.63, 3.8) is 0 Å². The molecule has 1 saturated heterocycles. The van der Waals surface area contributed by atoms with Crippen LogP contribution in [0.25, 0.3) is 0 Å². The molecule has 2 rings (SSSR count). The van der Waals surface area contributed by atoms with E-state index in [0.29, 0.717) is 32.0 Å². The third kappa shape index (κ3) is 3.48. The molecule has 2 aliphatic rings. The van der Waals surface area contributed by atoms with Crippen molar-refractivity contribution >= 4 is 11.7 Å². The first kappa shape index (κ1) is 16.1. The number of oxime groups is 1. The number of carbonyl (C=O) groups is 1. The Morgan fingerprint density at radius 1 is 1.43 bits per heavy atom. The van der Waals surface area contributed by atoms with E-state index in [2.05, 4.69) is 17.4 Å². The first-order valence-corrected chi connectivity index (χ1v) is 7.99. The number of amidine groups is 1. The largest absolute Gasteiger partial charge is 0.409 e. The van der Waals surface area contributed by atoms with Crippen LogP contribution in [0.2, 0.25) is 0 Å². The van der Waals surface area contributed by atoms with E-state index in [-0.39, 0.29) is 17.8 Å². The second-order valence-electron chi connectivity index (χ2n) is 6.29. The molecule has 0 radical (unpaired) electrons. The Labute approximate surface area is 126 Å². The van der Waals surface area contributed by atoms with Crippen molar-refractivity contribution in [3.05, 3.63) is 0 Å². The maximum Gasteiger partial charge on any atom is 0.234 e. The molecule has 6 nitrogen and oxygen atoms in total. The van der Waals surface area contributed by atoms with E-state index in [9.17, 15) is 4.79 Å².